The zero-order chi connectivity index (χ0) is 21.5. The lowest BCUT2D eigenvalue weighted by molar-refractivity contribution is -0.119. The maximum Gasteiger partial charge on any atom is 0.339 e. The molecular weight excluding hydrogens is 440 g/mol. The van der Waals surface area contributed by atoms with Crippen LogP contribution in [-0.4, -0.2) is 29.3 Å². The van der Waals surface area contributed by atoms with Crippen LogP contribution in [0, 0.1) is 6.92 Å². The molecule has 0 bridgehead atoms. The Hall–Kier alpha value is -2.49. The first-order valence-electron chi connectivity index (χ1n) is 9.08. The van der Waals surface area contributed by atoms with Crippen molar-refractivity contribution in [2.75, 3.05) is 6.61 Å². The van der Waals surface area contributed by atoms with Crippen LogP contribution in [0.4, 0.5) is 0 Å². The normalized spacial score (nSPS) is 10.6. The van der Waals surface area contributed by atoms with Crippen LogP contribution in [0.1, 0.15) is 42.5 Å². The van der Waals surface area contributed by atoms with E-state index in [1.165, 1.54) is 30.0 Å². The minimum Gasteiger partial charge on any atom is -0.454 e. The van der Waals surface area contributed by atoms with Gasteiger partial charge in [-0.2, -0.15) is 0 Å². The van der Waals surface area contributed by atoms with Crippen molar-refractivity contribution in [3.8, 4) is 0 Å². The number of carbonyl (C=O) groups is 3. The van der Waals surface area contributed by atoms with Gasteiger partial charge in [-0.3, -0.25) is 9.59 Å². The molecule has 2 aromatic heterocycles. The highest BCUT2D eigenvalue weighted by Gasteiger charge is 2.17. The number of carbonyl (C=O) groups excluding carboxylic acids is 3. The van der Waals surface area contributed by atoms with Gasteiger partial charge in [0.2, 0.25) is 11.7 Å². The molecule has 0 aliphatic carbocycles. The van der Waals surface area contributed by atoms with Gasteiger partial charge in [0.15, 0.2) is 6.61 Å². The average molecular weight is 461 g/mol. The van der Waals surface area contributed by atoms with Gasteiger partial charge in [0.05, 0.1) is 27.7 Å². The van der Waals surface area contributed by atoms with E-state index in [1.54, 1.807) is 35.6 Å². The minimum atomic E-state index is -0.532. The Morgan fingerprint density at radius 3 is 2.70 bits per heavy atom. The van der Waals surface area contributed by atoms with E-state index in [2.05, 4.69) is 10.3 Å². The minimum absolute atomic E-state index is 0.133. The number of Topliss-reactive ketones (excluding diaryl/α,β-unsaturated/α-hetero) is 1. The van der Waals surface area contributed by atoms with E-state index < -0.39 is 5.97 Å². The number of hydrogen-bond acceptors (Lipinski definition) is 8. The molecule has 0 radical (unpaired) electrons. The molecule has 1 N–H and O–H groups in total. The van der Waals surface area contributed by atoms with Crippen LogP contribution < -0.4 is 5.32 Å². The highest BCUT2D eigenvalue weighted by Crippen LogP contribution is 2.27. The van der Waals surface area contributed by atoms with E-state index in [4.69, 9.17) is 4.74 Å². The molecule has 0 saturated carbocycles. The maximum absolute atomic E-state index is 12.6. The fourth-order valence-corrected chi connectivity index (χ4v) is 5.02. The van der Waals surface area contributed by atoms with Gasteiger partial charge in [-0.15, -0.1) is 34.4 Å². The van der Waals surface area contributed by atoms with Gasteiger partial charge in [-0.25, -0.2) is 9.78 Å². The molecule has 3 aromatic rings. The van der Waals surface area contributed by atoms with E-state index in [-0.39, 0.29) is 18.3 Å². The van der Waals surface area contributed by atoms with Crippen molar-refractivity contribution in [3.63, 3.8) is 0 Å². The number of esters is 1. The number of ketones is 1. The zero-order valence-electron chi connectivity index (χ0n) is 16.5. The maximum atomic E-state index is 12.6. The third-order valence-corrected chi connectivity index (χ3v) is 6.99. The monoisotopic (exact) mass is 460 g/mol. The topological polar surface area (TPSA) is 85.4 Å². The summed E-state index contributed by atoms with van der Waals surface area (Å²) in [5, 5.41) is 5.69. The Kier molecular flexibility index (Phi) is 7.78. The van der Waals surface area contributed by atoms with Gasteiger partial charge < -0.3 is 10.1 Å². The fourth-order valence-electron chi connectivity index (χ4n) is 2.50. The largest absolute Gasteiger partial charge is 0.454 e. The number of ether oxygens (including phenoxy) is 1. The number of hydrogen-bond donors (Lipinski definition) is 1. The Morgan fingerprint density at radius 1 is 1.17 bits per heavy atom. The molecule has 0 spiro atoms. The first kappa shape index (κ1) is 22.2. The predicted molar refractivity (Wildman–Crippen MR) is 119 cm³/mol. The number of aryl methyl sites for hydroxylation is 1. The van der Waals surface area contributed by atoms with Gasteiger partial charge >= 0.3 is 5.97 Å². The molecule has 6 nitrogen and oxygen atoms in total. The van der Waals surface area contributed by atoms with E-state index in [9.17, 15) is 14.4 Å². The number of aromatic nitrogens is 1. The highest BCUT2D eigenvalue weighted by molar-refractivity contribution is 7.98. The zero-order valence-corrected chi connectivity index (χ0v) is 18.9. The molecule has 1 amide bonds. The van der Waals surface area contributed by atoms with E-state index >= 15 is 0 Å². The molecule has 3 rings (SSSR count). The van der Waals surface area contributed by atoms with E-state index in [1.807, 2.05) is 24.4 Å². The highest BCUT2D eigenvalue weighted by atomic mass is 32.2. The van der Waals surface area contributed by atoms with Crippen LogP contribution in [0.3, 0.4) is 0 Å². The molecule has 0 aliphatic heterocycles. The molecule has 0 unspecified atom stereocenters. The molecule has 0 fully saturated rings. The van der Waals surface area contributed by atoms with Crippen molar-refractivity contribution < 1.29 is 19.1 Å². The number of thiophene rings is 1. The number of thiazole rings is 1. The Labute approximate surface area is 186 Å². The number of nitrogens with zero attached hydrogens (tertiary/aromatic N) is 1. The second-order valence-corrected chi connectivity index (χ2v) is 9.57. The summed E-state index contributed by atoms with van der Waals surface area (Å²) in [6.07, 6.45) is 0. The summed E-state index contributed by atoms with van der Waals surface area (Å²) >= 11 is 4.38. The SMILES string of the molecule is CC(=O)NCc1ccc(C(=O)COC(=O)c2ccccc2SCc2csc(C)n2)s1. The predicted octanol–water partition coefficient (Wildman–Crippen LogP) is 4.48. The molecule has 1 aromatic carbocycles. The molecule has 0 aliphatic rings. The molecule has 0 atom stereocenters. The second-order valence-electron chi connectivity index (χ2n) is 6.32. The number of benzene rings is 1. The Bertz CT molecular complexity index is 1060. The first-order chi connectivity index (χ1) is 14.4. The number of thioether (sulfide) groups is 1. The summed E-state index contributed by atoms with van der Waals surface area (Å²) in [4.78, 5) is 42.5. The summed E-state index contributed by atoms with van der Waals surface area (Å²) in [5.41, 5.74) is 1.40. The average Bonchev–Trinajstić information content (AvgIpc) is 3.38. The van der Waals surface area contributed by atoms with Crippen molar-refractivity contribution in [1.29, 1.82) is 0 Å². The summed E-state index contributed by atoms with van der Waals surface area (Å²) in [7, 11) is 0. The Morgan fingerprint density at radius 2 is 1.97 bits per heavy atom. The molecule has 156 valence electrons. The number of rotatable bonds is 9. The quantitative estimate of drug-likeness (QED) is 0.288. The molecule has 2 heterocycles. The van der Waals surface area contributed by atoms with Crippen molar-refractivity contribution in [2.24, 2.45) is 0 Å². The molecule has 30 heavy (non-hydrogen) atoms. The molecule has 0 saturated heterocycles. The molecule has 9 heteroatoms. The third kappa shape index (κ3) is 6.25. The summed E-state index contributed by atoms with van der Waals surface area (Å²) in [5.74, 6) is -0.284. The summed E-state index contributed by atoms with van der Waals surface area (Å²) in [6, 6.07) is 10.6. The van der Waals surface area contributed by atoms with Crippen molar-refractivity contribution in [3.05, 3.63) is 67.8 Å². The van der Waals surface area contributed by atoms with Gasteiger partial charge in [-0.05, 0) is 31.2 Å². The smallest absolute Gasteiger partial charge is 0.339 e. The van der Waals surface area contributed by atoms with Gasteiger partial charge in [-0.1, -0.05) is 12.1 Å². The van der Waals surface area contributed by atoms with E-state index in [0.29, 0.717) is 22.7 Å². The van der Waals surface area contributed by atoms with Crippen molar-refractivity contribution in [2.45, 2.75) is 31.0 Å². The lowest BCUT2D eigenvalue weighted by Crippen LogP contribution is -2.18. The van der Waals surface area contributed by atoms with Crippen LogP contribution in [0.2, 0.25) is 0 Å². The lowest BCUT2D eigenvalue weighted by atomic mass is 10.2. The van der Waals surface area contributed by atoms with Crippen LogP contribution >= 0.6 is 34.4 Å². The van der Waals surface area contributed by atoms with Gasteiger partial charge in [0, 0.05) is 27.8 Å². The standard InChI is InChI=1S/C21H20N2O4S3/c1-13(24)22-9-16-7-8-20(30-16)18(25)10-27-21(26)17-5-3-4-6-19(17)29-12-15-11-28-14(2)23-15/h3-8,11H,9-10,12H2,1-2H3,(H,22,24). The summed E-state index contributed by atoms with van der Waals surface area (Å²) < 4.78 is 5.27. The Balaban J connectivity index is 1.57. The fraction of sp³-hybridized carbons (Fsp3) is 0.238. The van der Waals surface area contributed by atoms with Crippen LogP contribution in [0.5, 0.6) is 0 Å². The van der Waals surface area contributed by atoms with Crippen LogP contribution in [0.15, 0.2) is 46.7 Å². The van der Waals surface area contributed by atoms with Crippen molar-refractivity contribution >= 4 is 52.1 Å². The lowest BCUT2D eigenvalue weighted by Gasteiger charge is -2.08. The second kappa shape index (κ2) is 10.5. The first-order valence-corrected chi connectivity index (χ1v) is 11.8. The van der Waals surface area contributed by atoms with Crippen LogP contribution in [-0.2, 0) is 21.8 Å². The van der Waals surface area contributed by atoms with Gasteiger partial charge in [0.25, 0.3) is 0 Å². The summed E-state index contributed by atoms with van der Waals surface area (Å²) in [6.45, 7) is 3.43. The number of nitrogens with one attached hydrogen (secondary N) is 1. The third-order valence-electron chi connectivity index (χ3n) is 3.93. The van der Waals surface area contributed by atoms with Gasteiger partial charge in [0.1, 0.15) is 0 Å². The molecular formula is C21H20N2O4S3. The van der Waals surface area contributed by atoms with Crippen LogP contribution in [0.25, 0.3) is 0 Å². The van der Waals surface area contributed by atoms with E-state index in [0.717, 1.165) is 20.5 Å². The van der Waals surface area contributed by atoms with Crippen molar-refractivity contribution in [1.82, 2.24) is 10.3 Å². The number of amides is 1.